The topological polar surface area (TPSA) is 12.0 Å². The van der Waals surface area contributed by atoms with Crippen LogP contribution in [-0.2, 0) is 0 Å². The highest BCUT2D eigenvalue weighted by molar-refractivity contribution is 9.10. The lowest BCUT2D eigenvalue weighted by Crippen LogP contribution is -2.24. The highest BCUT2D eigenvalue weighted by Crippen LogP contribution is 2.28. The molecule has 1 nitrogen and oxygen atoms in total. The minimum absolute atomic E-state index is 0.183. The fourth-order valence-corrected chi connectivity index (χ4v) is 2.91. The Morgan fingerprint density at radius 3 is 2.19 bits per heavy atom. The summed E-state index contributed by atoms with van der Waals surface area (Å²) in [6.45, 7) is 5.01. The fraction of sp³-hybridized carbons (Fsp3) is 0.647. The van der Waals surface area contributed by atoms with E-state index in [1.807, 2.05) is 0 Å². The molecule has 0 bridgehead atoms. The smallest absolute Gasteiger partial charge is 0.132 e. The highest BCUT2D eigenvalue weighted by atomic mass is 79.9. The van der Waals surface area contributed by atoms with E-state index < -0.39 is 11.6 Å². The predicted molar refractivity (Wildman–Crippen MR) is 88.5 cm³/mol. The molecule has 4 heteroatoms. The van der Waals surface area contributed by atoms with Gasteiger partial charge < -0.3 is 5.32 Å². The van der Waals surface area contributed by atoms with Gasteiger partial charge in [0.2, 0.25) is 0 Å². The summed E-state index contributed by atoms with van der Waals surface area (Å²) in [6.07, 6.45) is 7.48. The summed E-state index contributed by atoms with van der Waals surface area (Å²) in [5.41, 5.74) is 0.183. The number of hydrogen-bond donors (Lipinski definition) is 1. The lowest BCUT2D eigenvalue weighted by molar-refractivity contribution is 0.428. The Morgan fingerprint density at radius 2 is 1.62 bits per heavy atom. The van der Waals surface area contributed by atoms with Crippen molar-refractivity contribution in [2.45, 2.75) is 64.8 Å². The van der Waals surface area contributed by atoms with E-state index in [1.165, 1.54) is 31.4 Å². The van der Waals surface area contributed by atoms with Crippen LogP contribution in [0.2, 0.25) is 0 Å². The van der Waals surface area contributed by atoms with Gasteiger partial charge in [0.05, 0.1) is 0 Å². The van der Waals surface area contributed by atoms with Gasteiger partial charge in [0.15, 0.2) is 0 Å². The average Bonchev–Trinajstić information content (AvgIpc) is 2.42. The molecule has 0 heterocycles. The van der Waals surface area contributed by atoms with Crippen molar-refractivity contribution in [1.29, 1.82) is 0 Å². The zero-order chi connectivity index (χ0) is 15.7. The van der Waals surface area contributed by atoms with Crippen LogP contribution in [0.5, 0.6) is 0 Å². The largest absolute Gasteiger partial charge is 0.310 e. The minimum Gasteiger partial charge on any atom is -0.310 e. The maximum Gasteiger partial charge on any atom is 0.132 e. The molecule has 0 fully saturated rings. The quantitative estimate of drug-likeness (QED) is 0.494. The molecule has 1 aromatic carbocycles. The maximum absolute atomic E-state index is 14.1. The Balaban J connectivity index is 2.72. The molecule has 1 unspecified atom stereocenters. The van der Waals surface area contributed by atoms with Gasteiger partial charge in [-0.15, -0.1) is 0 Å². The molecule has 1 atom stereocenters. The summed E-state index contributed by atoms with van der Waals surface area (Å²) in [4.78, 5) is 0. The van der Waals surface area contributed by atoms with Crippen molar-refractivity contribution < 1.29 is 8.78 Å². The van der Waals surface area contributed by atoms with Crippen LogP contribution in [0.3, 0.4) is 0 Å². The third kappa shape index (κ3) is 6.43. The highest BCUT2D eigenvalue weighted by Gasteiger charge is 2.20. The average molecular weight is 362 g/mol. The first kappa shape index (κ1) is 18.6. The third-order valence-electron chi connectivity index (χ3n) is 3.63. The summed E-state index contributed by atoms with van der Waals surface area (Å²) in [5.74, 6) is -0.937. The second kappa shape index (κ2) is 10.3. The van der Waals surface area contributed by atoms with E-state index in [0.717, 1.165) is 32.2 Å². The lowest BCUT2D eigenvalue weighted by atomic mass is 9.98. The van der Waals surface area contributed by atoms with Crippen LogP contribution < -0.4 is 5.32 Å². The molecule has 0 saturated heterocycles. The monoisotopic (exact) mass is 361 g/mol. The summed E-state index contributed by atoms with van der Waals surface area (Å²) < 4.78 is 28.7. The van der Waals surface area contributed by atoms with Crippen molar-refractivity contribution in [3.05, 3.63) is 33.8 Å². The predicted octanol–water partition coefficient (Wildman–Crippen LogP) is 6.13. The van der Waals surface area contributed by atoms with Crippen LogP contribution in [0.25, 0.3) is 0 Å². The molecule has 0 aromatic heterocycles. The van der Waals surface area contributed by atoms with Gasteiger partial charge >= 0.3 is 0 Å². The molecule has 0 aliphatic rings. The first-order chi connectivity index (χ1) is 10.1. The SMILES string of the molecule is CCCCCCCC(NCCC)c1c(F)cc(Br)cc1F. The van der Waals surface area contributed by atoms with Crippen LogP contribution in [0.1, 0.15) is 70.4 Å². The van der Waals surface area contributed by atoms with E-state index in [1.54, 1.807) is 0 Å². The number of hydrogen-bond acceptors (Lipinski definition) is 1. The molecule has 1 rings (SSSR count). The Hall–Kier alpha value is -0.480. The van der Waals surface area contributed by atoms with Crippen molar-refractivity contribution >= 4 is 15.9 Å². The van der Waals surface area contributed by atoms with Crippen LogP contribution in [0.4, 0.5) is 8.78 Å². The van der Waals surface area contributed by atoms with E-state index in [2.05, 4.69) is 35.1 Å². The Kier molecular flexibility index (Phi) is 9.09. The van der Waals surface area contributed by atoms with E-state index in [4.69, 9.17) is 0 Å². The van der Waals surface area contributed by atoms with Crippen molar-refractivity contribution in [1.82, 2.24) is 5.32 Å². The zero-order valence-electron chi connectivity index (χ0n) is 13.0. The first-order valence-electron chi connectivity index (χ1n) is 7.98. The van der Waals surface area contributed by atoms with Gasteiger partial charge in [-0.25, -0.2) is 8.78 Å². The lowest BCUT2D eigenvalue weighted by Gasteiger charge is -2.20. The fourth-order valence-electron chi connectivity index (χ4n) is 2.51. The summed E-state index contributed by atoms with van der Waals surface area (Å²) in [5, 5.41) is 3.28. The minimum atomic E-state index is -0.468. The number of nitrogens with one attached hydrogen (secondary N) is 1. The van der Waals surface area contributed by atoms with Gasteiger partial charge in [-0.05, 0) is 31.5 Å². The van der Waals surface area contributed by atoms with Crippen molar-refractivity contribution in [3.63, 3.8) is 0 Å². The normalized spacial score (nSPS) is 12.6. The molecule has 1 aromatic rings. The molecular formula is C17H26BrF2N. The standard InChI is InChI=1S/C17H26BrF2N/c1-3-5-6-7-8-9-16(21-10-4-2)17-14(19)11-13(18)12-15(17)20/h11-12,16,21H,3-10H2,1-2H3. The molecule has 0 saturated carbocycles. The molecule has 0 aliphatic heterocycles. The van der Waals surface area contributed by atoms with Gasteiger partial charge in [-0.2, -0.15) is 0 Å². The molecule has 120 valence electrons. The second-order valence-corrected chi connectivity index (χ2v) is 6.41. The van der Waals surface area contributed by atoms with Gasteiger partial charge in [-0.1, -0.05) is 61.9 Å². The van der Waals surface area contributed by atoms with E-state index in [-0.39, 0.29) is 11.6 Å². The van der Waals surface area contributed by atoms with Crippen molar-refractivity contribution in [2.24, 2.45) is 0 Å². The number of halogens is 3. The van der Waals surface area contributed by atoms with Crippen molar-refractivity contribution in [3.8, 4) is 0 Å². The van der Waals surface area contributed by atoms with Gasteiger partial charge in [0.25, 0.3) is 0 Å². The Labute approximate surface area is 135 Å². The first-order valence-corrected chi connectivity index (χ1v) is 8.77. The van der Waals surface area contributed by atoms with E-state index >= 15 is 0 Å². The van der Waals surface area contributed by atoms with E-state index in [0.29, 0.717) is 4.47 Å². The summed E-state index contributed by atoms with van der Waals surface area (Å²) in [7, 11) is 0. The molecule has 0 amide bonds. The number of rotatable bonds is 10. The molecule has 21 heavy (non-hydrogen) atoms. The second-order valence-electron chi connectivity index (χ2n) is 5.49. The summed E-state index contributed by atoms with van der Waals surface area (Å²) in [6, 6.07) is 2.45. The van der Waals surface area contributed by atoms with Gasteiger partial charge in [0, 0.05) is 16.1 Å². The number of unbranched alkanes of at least 4 members (excludes halogenated alkanes) is 4. The van der Waals surface area contributed by atoms with Crippen LogP contribution in [0, 0.1) is 11.6 Å². The molecular weight excluding hydrogens is 336 g/mol. The van der Waals surface area contributed by atoms with Crippen LogP contribution >= 0.6 is 15.9 Å². The van der Waals surface area contributed by atoms with Crippen LogP contribution in [-0.4, -0.2) is 6.54 Å². The van der Waals surface area contributed by atoms with Gasteiger partial charge in [0.1, 0.15) is 11.6 Å². The molecule has 0 spiro atoms. The Morgan fingerprint density at radius 1 is 1.00 bits per heavy atom. The van der Waals surface area contributed by atoms with Crippen LogP contribution in [0.15, 0.2) is 16.6 Å². The zero-order valence-corrected chi connectivity index (χ0v) is 14.6. The molecule has 0 aliphatic carbocycles. The molecule has 1 N–H and O–H groups in total. The molecule has 0 radical (unpaired) electrons. The van der Waals surface area contributed by atoms with E-state index in [9.17, 15) is 8.78 Å². The summed E-state index contributed by atoms with van der Waals surface area (Å²) >= 11 is 3.13. The third-order valence-corrected chi connectivity index (χ3v) is 4.09. The van der Waals surface area contributed by atoms with Crippen molar-refractivity contribution in [2.75, 3.05) is 6.54 Å². The maximum atomic E-state index is 14.1. The Bertz CT molecular complexity index is 400. The van der Waals surface area contributed by atoms with Gasteiger partial charge in [-0.3, -0.25) is 0 Å². The number of benzene rings is 1.